The van der Waals surface area contributed by atoms with Gasteiger partial charge in [0.05, 0.1) is 25.6 Å². The van der Waals surface area contributed by atoms with Gasteiger partial charge >= 0.3 is 5.63 Å². The Kier molecular flexibility index (Phi) is 7.72. The van der Waals surface area contributed by atoms with Crippen molar-refractivity contribution in [2.24, 2.45) is 5.92 Å². The Hall–Kier alpha value is -5.84. The number of nitrogens with one attached hydrogen (secondary N) is 2. The van der Waals surface area contributed by atoms with Crippen LogP contribution in [0.25, 0.3) is 11.0 Å². The van der Waals surface area contributed by atoms with E-state index in [-0.39, 0.29) is 23.0 Å². The van der Waals surface area contributed by atoms with Gasteiger partial charge in [-0.3, -0.25) is 14.4 Å². The fourth-order valence-corrected chi connectivity index (χ4v) is 6.67. The van der Waals surface area contributed by atoms with Crippen molar-refractivity contribution in [2.45, 2.75) is 18.9 Å². The number of piperidine rings is 1. The topological polar surface area (TPSA) is 132 Å². The third-order valence-corrected chi connectivity index (χ3v) is 8.85. The predicted octanol–water partition coefficient (Wildman–Crippen LogP) is 5.10. The second kappa shape index (κ2) is 12.2. The van der Waals surface area contributed by atoms with E-state index in [1.54, 1.807) is 72.8 Å². The average Bonchev–Trinajstić information content (AvgIpc) is 3.08. The molecular weight excluding hydrogens is 600 g/mol. The summed E-state index contributed by atoms with van der Waals surface area (Å²) in [7, 11) is 3.04. The lowest BCUT2D eigenvalue weighted by molar-refractivity contribution is 0.101. The molecule has 11 heteroatoms. The van der Waals surface area contributed by atoms with Gasteiger partial charge < -0.3 is 34.0 Å². The number of aromatic nitrogens is 1. The zero-order chi connectivity index (χ0) is 32.7. The lowest BCUT2D eigenvalue weighted by atomic mass is 9.83. The molecule has 1 saturated heterocycles. The van der Waals surface area contributed by atoms with Crippen molar-refractivity contribution in [1.29, 1.82) is 0 Å². The molecule has 0 spiro atoms. The van der Waals surface area contributed by atoms with Crippen LogP contribution in [0.1, 0.15) is 38.7 Å². The summed E-state index contributed by atoms with van der Waals surface area (Å²) < 4.78 is 17.9. The van der Waals surface area contributed by atoms with E-state index < -0.39 is 17.4 Å². The van der Waals surface area contributed by atoms with Gasteiger partial charge in [0.1, 0.15) is 11.1 Å². The van der Waals surface area contributed by atoms with Crippen molar-refractivity contribution in [3.63, 3.8) is 0 Å². The van der Waals surface area contributed by atoms with Crippen molar-refractivity contribution in [3.8, 4) is 11.5 Å². The monoisotopic (exact) mass is 632 g/mol. The fourth-order valence-electron chi connectivity index (χ4n) is 6.67. The van der Waals surface area contributed by atoms with Crippen LogP contribution in [-0.4, -0.2) is 43.7 Å². The molecule has 4 heterocycles. The number of benzene rings is 3. The van der Waals surface area contributed by atoms with E-state index in [0.29, 0.717) is 64.7 Å². The van der Waals surface area contributed by atoms with E-state index in [9.17, 15) is 19.2 Å². The van der Waals surface area contributed by atoms with Gasteiger partial charge in [-0.2, -0.15) is 0 Å². The largest absolute Gasteiger partial charge is 0.493 e. The van der Waals surface area contributed by atoms with E-state index in [2.05, 4.69) is 15.5 Å². The first-order valence-electron chi connectivity index (χ1n) is 15.3. The Morgan fingerprint density at radius 2 is 1.64 bits per heavy atom. The summed E-state index contributed by atoms with van der Waals surface area (Å²) >= 11 is 0. The highest BCUT2D eigenvalue weighted by Crippen LogP contribution is 2.39. The lowest BCUT2D eigenvalue weighted by Gasteiger charge is -2.44. The molecule has 5 aromatic rings. The number of ether oxygens (including phenoxy) is 2. The first-order valence-corrected chi connectivity index (χ1v) is 15.3. The number of fused-ring (bicyclic) bond motifs is 5. The lowest BCUT2D eigenvalue weighted by Crippen LogP contribution is -2.47. The molecule has 3 aromatic carbocycles. The number of methoxy groups -OCH3 is 2. The van der Waals surface area contributed by atoms with Crippen molar-refractivity contribution in [1.82, 2.24) is 4.57 Å². The third kappa shape index (κ3) is 5.71. The molecule has 47 heavy (non-hydrogen) atoms. The quantitative estimate of drug-likeness (QED) is 0.237. The molecular formula is C36H32N4O7. The molecule has 11 nitrogen and oxygen atoms in total. The van der Waals surface area contributed by atoms with Crippen LogP contribution in [-0.2, 0) is 6.54 Å². The van der Waals surface area contributed by atoms with Crippen LogP contribution in [0.4, 0.5) is 17.1 Å². The van der Waals surface area contributed by atoms with Gasteiger partial charge in [-0.15, -0.1) is 0 Å². The summed E-state index contributed by atoms with van der Waals surface area (Å²) in [6.07, 6.45) is 0.950. The molecule has 2 atom stereocenters. The standard InChI is InChI=1S/C36H32N4O7/c1-45-31-13-11-25(17-32(31)46-2)37-34(42)23-10-12-29(39-18-21-14-24(20-39)28-7-5-9-33(41)40(28)19-21)27(16-23)38-35(43)26-15-22-6-3-4-8-30(22)47-36(26)44/h3-13,15-17,21,24H,14,18-20H2,1-2H3,(H,37,42)(H,38,43). The number of carbonyl (C=O) groups is 2. The predicted molar refractivity (Wildman–Crippen MR) is 178 cm³/mol. The highest BCUT2D eigenvalue weighted by atomic mass is 16.5. The second-order valence-corrected chi connectivity index (χ2v) is 11.8. The molecule has 2 aromatic heterocycles. The Bertz CT molecular complexity index is 2150. The molecule has 0 aliphatic carbocycles. The van der Waals surface area contributed by atoms with Crippen LogP contribution >= 0.6 is 0 Å². The van der Waals surface area contributed by atoms with Crippen molar-refractivity contribution >= 4 is 39.8 Å². The van der Waals surface area contributed by atoms with Crippen molar-refractivity contribution < 1.29 is 23.5 Å². The van der Waals surface area contributed by atoms with Gasteiger partial charge in [-0.1, -0.05) is 24.3 Å². The Labute approximate surface area is 269 Å². The first-order chi connectivity index (χ1) is 22.8. The molecule has 2 aliphatic rings. The zero-order valence-corrected chi connectivity index (χ0v) is 25.8. The Morgan fingerprint density at radius 3 is 2.47 bits per heavy atom. The molecule has 7 rings (SSSR count). The van der Waals surface area contributed by atoms with Crippen LogP contribution in [0.15, 0.2) is 98.9 Å². The smallest absolute Gasteiger partial charge is 0.349 e. The van der Waals surface area contributed by atoms with Gasteiger partial charge in [0.2, 0.25) is 0 Å². The number of carbonyl (C=O) groups excluding carboxylic acids is 2. The molecule has 2 amide bonds. The number of nitrogens with zero attached hydrogens (tertiary/aromatic N) is 2. The number of pyridine rings is 1. The van der Waals surface area contributed by atoms with E-state index >= 15 is 0 Å². The molecule has 2 unspecified atom stereocenters. The maximum atomic E-state index is 13.7. The normalized spacial score (nSPS) is 16.7. The maximum Gasteiger partial charge on any atom is 0.349 e. The van der Waals surface area contributed by atoms with Crippen LogP contribution in [0.3, 0.4) is 0 Å². The first kappa shape index (κ1) is 29.8. The third-order valence-electron chi connectivity index (χ3n) is 8.85. The summed E-state index contributed by atoms with van der Waals surface area (Å²) in [5.74, 6) is 0.246. The summed E-state index contributed by atoms with van der Waals surface area (Å²) in [5.41, 5.74) is 2.30. The Morgan fingerprint density at radius 1 is 0.809 bits per heavy atom. The highest BCUT2D eigenvalue weighted by Gasteiger charge is 2.35. The molecule has 2 bridgehead atoms. The van der Waals surface area contributed by atoms with E-state index in [1.807, 2.05) is 10.6 Å². The number of amides is 2. The molecule has 2 N–H and O–H groups in total. The second-order valence-electron chi connectivity index (χ2n) is 11.8. The minimum absolute atomic E-state index is 0.00216. The van der Waals surface area contributed by atoms with Crippen LogP contribution < -0.4 is 36.2 Å². The van der Waals surface area contributed by atoms with E-state index in [4.69, 9.17) is 13.9 Å². The van der Waals surface area contributed by atoms with Crippen LogP contribution in [0.5, 0.6) is 11.5 Å². The summed E-state index contributed by atoms with van der Waals surface area (Å²) in [6, 6.07) is 24.0. The van der Waals surface area contributed by atoms with Crippen LogP contribution in [0.2, 0.25) is 0 Å². The Balaban J connectivity index is 1.23. The molecule has 238 valence electrons. The molecule has 0 radical (unpaired) electrons. The average molecular weight is 633 g/mol. The van der Waals surface area contributed by atoms with E-state index in [1.165, 1.54) is 20.3 Å². The molecule has 0 saturated carbocycles. The maximum absolute atomic E-state index is 13.7. The summed E-state index contributed by atoms with van der Waals surface area (Å²) in [4.78, 5) is 54.8. The SMILES string of the molecule is COc1ccc(NC(=O)c2ccc(N3CC4CC(C3)c3cccc(=O)n3C4)c(NC(=O)c3cc4ccccc4oc3=O)c2)cc1OC. The number of rotatable bonds is 7. The number of hydrogen-bond donors (Lipinski definition) is 2. The zero-order valence-electron chi connectivity index (χ0n) is 25.8. The summed E-state index contributed by atoms with van der Waals surface area (Å²) in [5, 5.41) is 6.39. The van der Waals surface area contributed by atoms with Crippen molar-refractivity contribution in [2.75, 3.05) is 42.8 Å². The van der Waals surface area contributed by atoms with Gasteiger partial charge in [-0.25, -0.2) is 4.79 Å². The molecule has 2 aliphatic heterocycles. The summed E-state index contributed by atoms with van der Waals surface area (Å²) in [6.45, 7) is 1.86. The fraction of sp³-hybridized carbons (Fsp3) is 0.222. The number of hydrogen-bond acceptors (Lipinski definition) is 8. The van der Waals surface area contributed by atoms with Gasteiger partial charge in [-0.05, 0) is 60.9 Å². The number of anilines is 3. The number of para-hydroxylation sites is 1. The van der Waals surface area contributed by atoms with Gasteiger partial charge in [0.25, 0.3) is 17.4 Å². The van der Waals surface area contributed by atoms with Crippen LogP contribution in [0, 0.1) is 5.92 Å². The molecule has 1 fully saturated rings. The highest BCUT2D eigenvalue weighted by molar-refractivity contribution is 6.09. The van der Waals surface area contributed by atoms with E-state index in [0.717, 1.165) is 12.1 Å². The minimum Gasteiger partial charge on any atom is -0.493 e. The van der Waals surface area contributed by atoms with Crippen molar-refractivity contribution in [3.05, 3.63) is 123 Å². The van der Waals surface area contributed by atoms with Gasteiger partial charge in [0.15, 0.2) is 11.5 Å². The minimum atomic E-state index is -0.764. The van der Waals surface area contributed by atoms with Gasteiger partial charge in [0, 0.05) is 60.0 Å².